The molecule has 6 nitrogen and oxygen atoms in total. The van der Waals surface area contributed by atoms with Crippen molar-refractivity contribution in [3.8, 4) is 5.69 Å². The first kappa shape index (κ1) is 21.2. The van der Waals surface area contributed by atoms with Gasteiger partial charge in [-0.3, -0.25) is 14.2 Å². The molecule has 1 aliphatic rings. The lowest BCUT2D eigenvalue weighted by molar-refractivity contribution is -0.113. The van der Waals surface area contributed by atoms with Gasteiger partial charge in [0.05, 0.1) is 11.4 Å². The fourth-order valence-electron chi connectivity index (χ4n) is 3.74. The third-order valence-electron chi connectivity index (χ3n) is 5.27. The predicted molar refractivity (Wildman–Crippen MR) is 124 cm³/mol. The number of hydrogen-bond donors (Lipinski definition) is 1. The molecule has 160 valence electrons. The predicted octanol–water partition coefficient (Wildman–Crippen LogP) is 4.18. The molecule has 0 spiro atoms. The summed E-state index contributed by atoms with van der Waals surface area (Å²) < 4.78 is 2.20. The number of aromatic nitrogens is 2. The number of fused-ring (bicyclic) bond motifs is 1. The summed E-state index contributed by atoms with van der Waals surface area (Å²) in [5.74, 6) is 0.101. The Labute approximate surface area is 186 Å². The molecule has 0 unspecified atom stereocenters. The normalized spacial score (nSPS) is 12.8. The van der Waals surface area contributed by atoms with Crippen molar-refractivity contribution in [3.63, 3.8) is 0 Å². The number of rotatable bonds is 6. The summed E-state index contributed by atoms with van der Waals surface area (Å²) in [5, 5.41) is 3.77. The van der Waals surface area contributed by atoms with Crippen LogP contribution in [0, 0.1) is 0 Å². The van der Waals surface area contributed by atoms with Crippen molar-refractivity contribution >= 4 is 29.3 Å². The Morgan fingerprint density at radius 3 is 2.45 bits per heavy atom. The van der Waals surface area contributed by atoms with E-state index < -0.39 is 0 Å². The van der Waals surface area contributed by atoms with Crippen LogP contribution in [0.2, 0.25) is 0 Å². The van der Waals surface area contributed by atoms with Crippen molar-refractivity contribution in [3.05, 3.63) is 71.5 Å². The van der Waals surface area contributed by atoms with Crippen LogP contribution < -0.4 is 5.32 Å². The number of thioether (sulfide) groups is 1. The van der Waals surface area contributed by atoms with E-state index in [0.29, 0.717) is 11.3 Å². The van der Waals surface area contributed by atoms with Gasteiger partial charge in [-0.1, -0.05) is 30.0 Å². The first-order valence-corrected chi connectivity index (χ1v) is 11.4. The molecule has 0 fully saturated rings. The highest BCUT2D eigenvalue weighted by Crippen LogP contribution is 2.30. The SMILES string of the molecule is CN(C)C(=O)c1ccc(NC(=O)CSc2nc3c(n2-c2ccccc2)CCCC3)cc1. The third kappa shape index (κ3) is 4.82. The Morgan fingerprint density at radius 1 is 1.03 bits per heavy atom. The molecule has 2 amide bonds. The second-order valence-corrected chi connectivity index (χ2v) is 8.72. The third-order valence-corrected chi connectivity index (χ3v) is 6.21. The Morgan fingerprint density at radius 2 is 1.74 bits per heavy atom. The van der Waals surface area contributed by atoms with Crippen molar-refractivity contribution in [2.45, 2.75) is 30.8 Å². The summed E-state index contributed by atoms with van der Waals surface area (Å²) in [6.45, 7) is 0. The Kier molecular flexibility index (Phi) is 6.42. The number of amides is 2. The average molecular weight is 435 g/mol. The van der Waals surface area contributed by atoms with E-state index >= 15 is 0 Å². The van der Waals surface area contributed by atoms with Gasteiger partial charge in [-0.05, 0) is 62.1 Å². The summed E-state index contributed by atoms with van der Waals surface area (Å²) in [5.41, 5.74) is 4.77. The zero-order valence-electron chi connectivity index (χ0n) is 17.8. The molecule has 2 aromatic carbocycles. The van der Waals surface area contributed by atoms with Gasteiger partial charge in [-0.2, -0.15) is 0 Å². The number of anilines is 1. The van der Waals surface area contributed by atoms with Crippen LogP contribution in [0.5, 0.6) is 0 Å². The van der Waals surface area contributed by atoms with Crippen molar-refractivity contribution in [2.75, 3.05) is 25.2 Å². The van der Waals surface area contributed by atoms with E-state index in [1.54, 1.807) is 38.4 Å². The molecule has 0 bridgehead atoms. The van der Waals surface area contributed by atoms with Crippen molar-refractivity contribution in [1.82, 2.24) is 14.5 Å². The van der Waals surface area contributed by atoms with Crippen molar-refractivity contribution < 1.29 is 9.59 Å². The molecule has 0 aliphatic heterocycles. The largest absolute Gasteiger partial charge is 0.345 e. The lowest BCUT2D eigenvalue weighted by Crippen LogP contribution is -2.21. The molecule has 1 aliphatic carbocycles. The van der Waals surface area contributed by atoms with Crippen LogP contribution in [0.15, 0.2) is 59.8 Å². The van der Waals surface area contributed by atoms with E-state index in [9.17, 15) is 9.59 Å². The maximum Gasteiger partial charge on any atom is 0.253 e. The van der Waals surface area contributed by atoms with Crippen LogP contribution in [-0.4, -0.2) is 46.1 Å². The van der Waals surface area contributed by atoms with Gasteiger partial charge in [-0.15, -0.1) is 0 Å². The van der Waals surface area contributed by atoms with Crippen LogP contribution >= 0.6 is 11.8 Å². The summed E-state index contributed by atoms with van der Waals surface area (Å²) >= 11 is 1.45. The Hall–Kier alpha value is -3.06. The maximum atomic E-state index is 12.6. The maximum absolute atomic E-state index is 12.6. The van der Waals surface area contributed by atoms with Crippen molar-refractivity contribution in [2.24, 2.45) is 0 Å². The van der Waals surface area contributed by atoms with Gasteiger partial charge in [0.1, 0.15) is 0 Å². The minimum absolute atomic E-state index is 0.0647. The number of nitrogens with zero attached hydrogens (tertiary/aromatic N) is 3. The molecule has 1 aromatic heterocycles. The number of benzene rings is 2. The molecule has 1 heterocycles. The minimum atomic E-state index is -0.0998. The molecular weight excluding hydrogens is 408 g/mol. The lowest BCUT2D eigenvalue weighted by atomic mass is 10.0. The van der Waals surface area contributed by atoms with Crippen LogP contribution in [-0.2, 0) is 17.6 Å². The number of aryl methyl sites for hydroxylation is 1. The molecule has 0 saturated carbocycles. The van der Waals surface area contributed by atoms with E-state index in [-0.39, 0.29) is 17.6 Å². The monoisotopic (exact) mass is 434 g/mol. The van der Waals surface area contributed by atoms with E-state index in [1.165, 1.54) is 28.8 Å². The second-order valence-electron chi connectivity index (χ2n) is 7.78. The Bertz CT molecular complexity index is 1070. The van der Waals surface area contributed by atoms with E-state index in [1.807, 2.05) is 18.2 Å². The van der Waals surface area contributed by atoms with Gasteiger partial charge in [-0.25, -0.2) is 4.98 Å². The van der Waals surface area contributed by atoms with Crippen LogP contribution in [0.4, 0.5) is 5.69 Å². The van der Waals surface area contributed by atoms with Crippen molar-refractivity contribution in [1.29, 1.82) is 0 Å². The highest BCUT2D eigenvalue weighted by Gasteiger charge is 2.21. The zero-order valence-corrected chi connectivity index (χ0v) is 18.6. The number of hydrogen-bond acceptors (Lipinski definition) is 4. The standard InChI is InChI=1S/C24H26N4O2S/c1-27(2)23(30)17-12-14-18(15-13-17)25-22(29)16-31-24-26-20-10-6-7-11-21(20)28(24)19-8-4-3-5-9-19/h3-5,8-9,12-15H,6-7,10-11,16H2,1-2H3,(H,25,29). The molecule has 4 rings (SSSR count). The molecular formula is C24H26N4O2S. The smallest absolute Gasteiger partial charge is 0.253 e. The number of imidazole rings is 1. The highest BCUT2D eigenvalue weighted by molar-refractivity contribution is 7.99. The molecule has 3 aromatic rings. The quantitative estimate of drug-likeness (QED) is 0.591. The lowest BCUT2D eigenvalue weighted by Gasteiger charge is -2.15. The van der Waals surface area contributed by atoms with E-state index in [4.69, 9.17) is 4.98 Å². The summed E-state index contributed by atoms with van der Waals surface area (Å²) in [6.07, 6.45) is 4.34. The van der Waals surface area contributed by atoms with E-state index in [2.05, 4.69) is 22.0 Å². The van der Waals surface area contributed by atoms with Gasteiger partial charge in [0, 0.05) is 36.7 Å². The number of para-hydroxylation sites is 1. The van der Waals surface area contributed by atoms with E-state index in [0.717, 1.165) is 35.8 Å². The Balaban J connectivity index is 1.45. The van der Waals surface area contributed by atoms with Gasteiger partial charge < -0.3 is 10.2 Å². The first-order chi connectivity index (χ1) is 15.0. The van der Waals surface area contributed by atoms with Gasteiger partial charge in [0.25, 0.3) is 5.91 Å². The van der Waals surface area contributed by atoms with Gasteiger partial charge >= 0.3 is 0 Å². The molecule has 31 heavy (non-hydrogen) atoms. The highest BCUT2D eigenvalue weighted by atomic mass is 32.2. The number of nitrogens with one attached hydrogen (secondary N) is 1. The minimum Gasteiger partial charge on any atom is -0.345 e. The van der Waals surface area contributed by atoms with Gasteiger partial charge in [0.15, 0.2) is 5.16 Å². The average Bonchev–Trinajstić information content (AvgIpc) is 3.16. The fourth-order valence-corrected chi connectivity index (χ4v) is 4.59. The van der Waals surface area contributed by atoms with Crippen LogP contribution in [0.1, 0.15) is 34.6 Å². The zero-order chi connectivity index (χ0) is 21.8. The second kappa shape index (κ2) is 9.39. The molecule has 0 saturated heterocycles. The number of carbonyl (C=O) groups excluding carboxylic acids is 2. The topological polar surface area (TPSA) is 67.2 Å². The fraction of sp³-hybridized carbons (Fsp3) is 0.292. The first-order valence-electron chi connectivity index (χ1n) is 10.4. The van der Waals surface area contributed by atoms with Crippen LogP contribution in [0.3, 0.4) is 0 Å². The van der Waals surface area contributed by atoms with Crippen LogP contribution in [0.25, 0.3) is 5.69 Å². The molecule has 0 radical (unpaired) electrons. The molecule has 7 heteroatoms. The molecule has 0 atom stereocenters. The summed E-state index contributed by atoms with van der Waals surface area (Å²) in [4.78, 5) is 30.9. The number of carbonyl (C=O) groups is 2. The summed E-state index contributed by atoms with van der Waals surface area (Å²) in [6, 6.07) is 17.2. The molecule has 1 N–H and O–H groups in total. The van der Waals surface area contributed by atoms with Gasteiger partial charge in [0.2, 0.25) is 5.91 Å². The summed E-state index contributed by atoms with van der Waals surface area (Å²) in [7, 11) is 3.43.